The number of hydrogen-bond donors (Lipinski definition) is 3. The number of hydrogen-bond acceptors (Lipinski definition) is 5. The number of nitriles is 1. The number of aromatic amines is 1. The molecule has 11 heteroatoms. The summed E-state index contributed by atoms with van der Waals surface area (Å²) in [6.07, 6.45) is -3.69. The number of halogens is 3. The van der Waals surface area contributed by atoms with Crippen LogP contribution >= 0.6 is 0 Å². The van der Waals surface area contributed by atoms with Crippen molar-refractivity contribution in [2.75, 3.05) is 5.75 Å². The van der Waals surface area contributed by atoms with Crippen LogP contribution in [0, 0.1) is 16.7 Å². The molecular formula is C24H23F3N4O3S. The maximum atomic E-state index is 14.4. The standard InChI is InChI=1S/C24H23F3N4O3S/c25-24(26,27)20(18-12-30-19-9-5-4-8-17(18)19)31-23(21(29)32,22(14-28)10-11-22)15-35(33,34)13-16-6-2-1-3-7-16/h1-9,12,20,30-31H,10-11,13,15H2,(H2,29,32)/t20?,23-/m0/s1. The predicted octanol–water partition coefficient (Wildman–Crippen LogP) is 3.50. The lowest BCUT2D eigenvalue weighted by atomic mass is 9.81. The Morgan fingerprint density at radius 2 is 1.77 bits per heavy atom. The zero-order valence-electron chi connectivity index (χ0n) is 18.5. The van der Waals surface area contributed by atoms with Crippen LogP contribution in [0.2, 0.25) is 0 Å². The molecule has 35 heavy (non-hydrogen) atoms. The average Bonchev–Trinajstić information content (AvgIpc) is 3.49. The fraction of sp³-hybridized carbons (Fsp3) is 0.333. The number of para-hydroxylation sites is 1. The smallest absolute Gasteiger partial charge is 0.368 e. The molecule has 0 aliphatic heterocycles. The third-order valence-electron chi connectivity index (χ3n) is 6.52. The molecule has 1 unspecified atom stereocenters. The molecule has 4 rings (SSSR count). The van der Waals surface area contributed by atoms with Crippen LogP contribution in [-0.2, 0) is 20.4 Å². The Kier molecular flexibility index (Phi) is 6.15. The van der Waals surface area contributed by atoms with Gasteiger partial charge in [-0.2, -0.15) is 18.4 Å². The second kappa shape index (κ2) is 8.70. The van der Waals surface area contributed by atoms with Crippen molar-refractivity contribution in [2.45, 2.75) is 36.4 Å². The van der Waals surface area contributed by atoms with E-state index < -0.39 is 50.4 Å². The summed E-state index contributed by atoms with van der Waals surface area (Å²) in [5, 5.41) is 12.4. The summed E-state index contributed by atoms with van der Waals surface area (Å²) in [5.41, 5.74) is 2.10. The maximum Gasteiger partial charge on any atom is 0.408 e. The highest BCUT2D eigenvalue weighted by molar-refractivity contribution is 7.90. The first-order chi connectivity index (χ1) is 16.4. The molecule has 1 heterocycles. The summed E-state index contributed by atoms with van der Waals surface area (Å²) in [4.78, 5) is 15.6. The van der Waals surface area contributed by atoms with Gasteiger partial charge in [0, 0.05) is 22.7 Å². The van der Waals surface area contributed by atoms with E-state index in [0.717, 1.165) is 6.20 Å². The zero-order chi connectivity index (χ0) is 25.5. The number of benzene rings is 2. The number of carbonyl (C=O) groups is 1. The molecule has 0 saturated heterocycles. The Labute approximate surface area is 200 Å². The molecule has 0 spiro atoms. The van der Waals surface area contributed by atoms with Gasteiger partial charge in [0.1, 0.15) is 11.6 Å². The van der Waals surface area contributed by atoms with Crippen molar-refractivity contribution < 1.29 is 26.4 Å². The second-order valence-corrected chi connectivity index (χ2v) is 11.0. The molecule has 7 nitrogen and oxygen atoms in total. The van der Waals surface area contributed by atoms with Crippen LogP contribution in [0.15, 0.2) is 60.8 Å². The van der Waals surface area contributed by atoms with E-state index in [1.54, 1.807) is 48.5 Å². The number of rotatable bonds is 9. The number of sulfone groups is 1. The minimum absolute atomic E-state index is 0.0404. The van der Waals surface area contributed by atoms with E-state index in [4.69, 9.17) is 5.73 Å². The quantitative estimate of drug-likeness (QED) is 0.411. The maximum absolute atomic E-state index is 14.4. The molecule has 1 aliphatic carbocycles. The first-order valence-corrected chi connectivity index (χ1v) is 12.6. The number of nitrogens with one attached hydrogen (secondary N) is 2. The van der Waals surface area contributed by atoms with Crippen molar-refractivity contribution in [3.05, 3.63) is 71.9 Å². The van der Waals surface area contributed by atoms with Crippen LogP contribution in [0.1, 0.15) is 30.0 Å². The molecule has 1 aliphatic rings. The van der Waals surface area contributed by atoms with Crippen molar-refractivity contribution >= 4 is 26.6 Å². The molecule has 4 N–H and O–H groups in total. The minimum atomic E-state index is -4.93. The van der Waals surface area contributed by atoms with E-state index in [1.807, 2.05) is 6.07 Å². The van der Waals surface area contributed by atoms with E-state index in [2.05, 4.69) is 10.3 Å². The Balaban J connectivity index is 1.82. The summed E-state index contributed by atoms with van der Waals surface area (Å²) in [5.74, 6) is -2.88. The first kappa shape index (κ1) is 24.8. The number of primary amides is 1. The van der Waals surface area contributed by atoms with Crippen LogP contribution in [-0.4, -0.2) is 36.8 Å². The Morgan fingerprint density at radius 1 is 1.14 bits per heavy atom. The summed E-state index contributed by atoms with van der Waals surface area (Å²) in [7, 11) is -4.18. The van der Waals surface area contributed by atoms with Crippen LogP contribution < -0.4 is 11.1 Å². The summed E-state index contributed by atoms with van der Waals surface area (Å²) >= 11 is 0. The van der Waals surface area contributed by atoms with Gasteiger partial charge in [0.25, 0.3) is 0 Å². The van der Waals surface area contributed by atoms with E-state index in [-0.39, 0.29) is 23.8 Å². The SMILES string of the molecule is N#CC1([C@@](CS(=O)(=O)Cc2ccccc2)(NC(c2c[nH]c3ccccc23)C(F)(F)F)C(N)=O)CC1. The summed E-state index contributed by atoms with van der Waals surface area (Å²) in [6.45, 7) is 0. The number of fused-ring (bicyclic) bond motifs is 1. The highest BCUT2D eigenvalue weighted by Gasteiger charge is 2.67. The molecule has 2 atom stereocenters. The largest absolute Gasteiger partial charge is 0.408 e. The van der Waals surface area contributed by atoms with Gasteiger partial charge < -0.3 is 10.7 Å². The normalized spacial score (nSPS) is 17.9. The van der Waals surface area contributed by atoms with Gasteiger partial charge in [-0.25, -0.2) is 8.42 Å². The fourth-order valence-corrected chi connectivity index (χ4v) is 6.54. The van der Waals surface area contributed by atoms with Gasteiger partial charge in [0.2, 0.25) is 5.91 Å². The molecule has 184 valence electrons. The fourth-order valence-electron chi connectivity index (χ4n) is 4.58. The molecule has 3 aromatic rings. The van der Waals surface area contributed by atoms with Crippen LogP contribution in [0.5, 0.6) is 0 Å². The number of H-pyrrole nitrogens is 1. The van der Waals surface area contributed by atoms with Gasteiger partial charge in [0.05, 0.1) is 23.0 Å². The van der Waals surface area contributed by atoms with E-state index >= 15 is 0 Å². The third kappa shape index (κ3) is 4.63. The lowest BCUT2D eigenvalue weighted by Crippen LogP contribution is -2.67. The van der Waals surface area contributed by atoms with Crippen LogP contribution in [0.3, 0.4) is 0 Å². The van der Waals surface area contributed by atoms with Gasteiger partial charge in [-0.15, -0.1) is 0 Å². The average molecular weight is 505 g/mol. The number of carbonyl (C=O) groups excluding carboxylic acids is 1. The van der Waals surface area contributed by atoms with E-state index in [1.165, 1.54) is 6.07 Å². The highest BCUT2D eigenvalue weighted by Crippen LogP contribution is 2.55. The Bertz CT molecular complexity index is 1390. The Morgan fingerprint density at radius 3 is 2.34 bits per heavy atom. The molecular weight excluding hydrogens is 481 g/mol. The van der Waals surface area contributed by atoms with Crippen LogP contribution in [0.4, 0.5) is 13.2 Å². The van der Waals surface area contributed by atoms with Gasteiger partial charge in [-0.05, 0) is 24.5 Å². The zero-order valence-corrected chi connectivity index (χ0v) is 19.3. The molecule has 2 aromatic carbocycles. The van der Waals surface area contributed by atoms with Crippen LogP contribution in [0.25, 0.3) is 10.9 Å². The van der Waals surface area contributed by atoms with Crippen molar-refractivity contribution in [1.29, 1.82) is 5.26 Å². The van der Waals surface area contributed by atoms with E-state index in [9.17, 15) is 31.6 Å². The van der Waals surface area contributed by atoms with Gasteiger partial charge in [-0.1, -0.05) is 48.5 Å². The first-order valence-electron chi connectivity index (χ1n) is 10.8. The lowest BCUT2D eigenvalue weighted by Gasteiger charge is -2.39. The number of nitrogens with two attached hydrogens (primary N) is 1. The summed E-state index contributed by atoms with van der Waals surface area (Å²) < 4.78 is 69.7. The molecule has 1 saturated carbocycles. The lowest BCUT2D eigenvalue weighted by molar-refractivity contribution is -0.165. The molecule has 0 bridgehead atoms. The van der Waals surface area contributed by atoms with E-state index in [0.29, 0.717) is 11.1 Å². The number of nitrogens with zero attached hydrogens (tertiary/aromatic N) is 1. The predicted molar refractivity (Wildman–Crippen MR) is 123 cm³/mol. The van der Waals surface area contributed by atoms with Crippen molar-refractivity contribution in [2.24, 2.45) is 11.1 Å². The summed E-state index contributed by atoms with van der Waals surface area (Å²) in [6, 6.07) is 13.8. The third-order valence-corrected chi connectivity index (χ3v) is 8.16. The van der Waals surface area contributed by atoms with Gasteiger partial charge >= 0.3 is 6.18 Å². The van der Waals surface area contributed by atoms with Crippen molar-refractivity contribution in [3.8, 4) is 6.07 Å². The highest BCUT2D eigenvalue weighted by atomic mass is 32.2. The van der Waals surface area contributed by atoms with Gasteiger partial charge in [-0.3, -0.25) is 10.1 Å². The topological polar surface area (TPSA) is 129 Å². The number of amides is 1. The minimum Gasteiger partial charge on any atom is -0.368 e. The number of aromatic nitrogens is 1. The van der Waals surface area contributed by atoms with Gasteiger partial charge in [0.15, 0.2) is 9.84 Å². The van der Waals surface area contributed by atoms with Crippen molar-refractivity contribution in [3.63, 3.8) is 0 Å². The van der Waals surface area contributed by atoms with Crippen molar-refractivity contribution in [1.82, 2.24) is 10.3 Å². The number of alkyl halides is 3. The molecule has 1 fully saturated rings. The second-order valence-electron chi connectivity index (χ2n) is 8.89. The molecule has 1 aromatic heterocycles. The molecule has 1 amide bonds. The Hall–Kier alpha value is -3.36. The monoisotopic (exact) mass is 504 g/mol. The molecule has 0 radical (unpaired) electrons.